The summed E-state index contributed by atoms with van der Waals surface area (Å²) in [6.07, 6.45) is 2.81. The Morgan fingerprint density at radius 3 is 2.54 bits per heavy atom. The van der Waals surface area contributed by atoms with Crippen LogP contribution >= 0.6 is 23.1 Å². The Bertz CT molecular complexity index is 828. The standard InChI is InChI=1S/C19H23N3O2S2/c1-11(2)22-9-8-14-15(10-22)26-19(16(14)17(20)23)21-18(24)12-4-6-13(25-3)7-5-12/h4-7,11H,8-10H2,1-3H3,(H2,20,23)(H,21,24)/p+1. The Morgan fingerprint density at radius 1 is 1.27 bits per heavy atom. The summed E-state index contributed by atoms with van der Waals surface area (Å²) < 4.78 is 0. The predicted molar refractivity (Wildman–Crippen MR) is 107 cm³/mol. The van der Waals surface area contributed by atoms with Gasteiger partial charge in [0.05, 0.1) is 23.0 Å². The maximum atomic E-state index is 12.6. The molecule has 1 atom stereocenters. The maximum Gasteiger partial charge on any atom is 0.256 e. The monoisotopic (exact) mass is 390 g/mol. The molecule has 2 aromatic rings. The van der Waals surface area contributed by atoms with Gasteiger partial charge in [-0.2, -0.15) is 0 Å². The van der Waals surface area contributed by atoms with Crippen LogP contribution < -0.4 is 16.0 Å². The maximum absolute atomic E-state index is 12.6. The highest BCUT2D eigenvalue weighted by Gasteiger charge is 2.30. The van der Waals surface area contributed by atoms with Gasteiger partial charge in [-0.25, -0.2) is 0 Å². The summed E-state index contributed by atoms with van der Waals surface area (Å²) in [5.74, 6) is -0.685. The molecule has 26 heavy (non-hydrogen) atoms. The Balaban J connectivity index is 1.87. The van der Waals surface area contributed by atoms with E-state index in [4.69, 9.17) is 5.73 Å². The molecule has 0 radical (unpaired) electrons. The van der Waals surface area contributed by atoms with Crippen molar-refractivity contribution in [3.05, 3.63) is 45.8 Å². The zero-order valence-electron chi connectivity index (χ0n) is 15.2. The summed E-state index contributed by atoms with van der Waals surface area (Å²) in [5, 5.41) is 3.49. The van der Waals surface area contributed by atoms with Crippen molar-refractivity contribution >= 4 is 39.9 Å². The van der Waals surface area contributed by atoms with Gasteiger partial charge < -0.3 is 16.0 Å². The van der Waals surface area contributed by atoms with E-state index in [2.05, 4.69) is 19.2 Å². The molecule has 1 aliphatic rings. The molecule has 0 saturated heterocycles. The van der Waals surface area contributed by atoms with Crippen molar-refractivity contribution in [1.29, 1.82) is 0 Å². The zero-order chi connectivity index (χ0) is 18.8. The number of anilines is 1. The first kappa shape index (κ1) is 18.9. The van der Waals surface area contributed by atoms with Gasteiger partial charge in [-0.15, -0.1) is 23.1 Å². The second-order valence-corrected chi connectivity index (χ2v) is 8.73. The molecule has 0 aliphatic carbocycles. The second kappa shape index (κ2) is 7.82. The minimum absolute atomic E-state index is 0.216. The molecule has 0 bridgehead atoms. The minimum Gasteiger partial charge on any atom is -0.365 e. The Kier molecular flexibility index (Phi) is 5.70. The molecule has 2 heterocycles. The topological polar surface area (TPSA) is 76.6 Å². The summed E-state index contributed by atoms with van der Waals surface area (Å²) in [7, 11) is 0. The number of fused-ring (bicyclic) bond motifs is 1. The lowest BCUT2D eigenvalue weighted by Crippen LogP contribution is -3.14. The van der Waals surface area contributed by atoms with Crippen LogP contribution in [0.15, 0.2) is 29.2 Å². The van der Waals surface area contributed by atoms with Crippen molar-refractivity contribution in [2.45, 2.75) is 37.8 Å². The Hall–Kier alpha value is -1.83. The molecule has 5 nitrogen and oxygen atoms in total. The number of thioether (sulfide) groups is 1. The van der Waals surface area contributed by atoms with Crippen molar-refractivity contribution in [1.82, 2.24) is 0 Å². The third kappa shape index (κ3) is 3.79. The number of nitrogens with one attached hydrogen (secondary N) is 2. The van der Waals surface area contributed by atoms with Gasteiger partial charge >= 0.3 is 0 Å². The third-order valence-electron chi connectivity index (χ3n) is 4.82. The number of benzene rings is 1. The van der Waals surface area contributed by atoms with E-state index in [1.165, 1.54) is 16.2 Å². The molecule has 3 rings (SSSR count). The number of primary amides is 1. The minimum atomic E-state index is -0.469. The highest BCUT2D eigenvalue weighted by molar-refractivity contribution is 7.98. The summed E-state index contributed by atoms with van der Waals surface area (Å²) in [6, 6.07) is 7.94. The fraction of sp³-hybridized carbons (Fsp3) is 0.368. The Labute approximate surface area is 162 Å². The Morgan fingerprint density at radius 2 is 1.96 bits per heavy atom. The number of nitrogens with two attached hydrogens (primary N) is 1. The molecule has 1 aliphatic heterocycles. The van der Waals surface area contributed by atoms with Gasteiger partial charge in [-0.1, -0.05) is 0 Å². The number of carbonyl (C=O) groups excluding carboxylic acids is 2. The molecule has 7 heteroatoms. The lowest BCUT2D eigenvalue weighted by atomic mass is 10.0. The second-order valence-electron chi connectivity index (χ2n) is 6.74. The van der Waals surface area contributed by atoms with Gasteiger partial charge in [-0.3, -0.25) is 9.59 Å². The van der Waals surface area contributed by atoms with Crippen molar-refractivity contribution in [2.24, 2.45) is 5.73 Å². The molecule has 2 amide bonds. The van der Waals surface area contributed by atoms with E-state index in [1.54, 1.807) is 23.9 Å². The van der Waals surface area contributed by atoms with Gasteiger partial charge in [0.15, 0.2) is 0 Å². The number of hydrogen-bond acceptors (Lipinski definition) is 4. The smallest absolute Gasteiger partial charge is 0.256 e. The average molecular weight is 391 g/mol. The van der Waals surface area contributed by atoms with E-state index in [-0.39, 0.29) is 5.91 Å². The molecular formula is C19H24N3O2S2+. The lowest BCUT2D eigenvalue weighted by Gasteiger charge is -2.27. The van der Waals surface area contributed by atoms with E-state index in [1.807, 2.05) is 18.4 Å². The van der Waals surface area contributed by atoms with Crippen LogP contribution in [-0.4, -0.2) is 30.7 Å². The third-order valence-corrected chi connectivity index (χ3v) is 6.71. The number of hydrogen-bond donors (Lipinski definition) is 3. The fourth-order valence-electron chi connectivity index (χ4n) is 3.26. The number of quaternary nitrogens is 1. The van der Waals surface area contributed by atoms with E-state index in [0.717, 1.165) is 34.8 Å². The predicted octanol–water partition coefficient (Wildman–Crippen LogP) is 2.17. The number of amides is 2. The van der Waals surface area contributed by atoms with Gasteiger partial charge in [0.1, 0.15) is 11.5 Å². The van der Waals surface area contributed by atoms with Crippen LogP contribution in [0.25, 0.3) is 0 Å². The van der Waals surface area contributed by atoms with Crippen LogP contribution in [0.4, 0.5) is 5.00 Å². The van der Waals surface area contributed by atoms with Crippen molar-refractivity contribution in [3.63, 3.8) is 0 Å². The quantitative estimate of drug-likeness (QED) is 0.685. The lowest BCUT2D eigenvalue weighted by molar-refractivity contribution is -0.936. The van der Waals surface area contributed by atoms with Crippen LogP contribution in [-0.2, 0) is 13.0 Å². The summed E-state index contributed by atoms with van der Waals surface area (Å²) in [5.41, 5.74) is 7.71. The van der Waals surface area contributed by atoms with Gasteiger partial charge in [0.2, 0.25) is 0 Å². The highest BCUT2D eigenvalue weighted by Crippen LogP contribution is 2.34. The van der Waals surface area contributed by atoms with Gasteiger partial charge in [0.25, 0.3) is 11.8 Å². The van der Waals surface area contributed by atoms with Crippen LogP contribution in [0, 0.1) is 0 Å². The molecule has 4 N–H and O–H groups in total. The number of carbonyl (C=O) groups is 2. The molecule has 0 fully saturated rings. The molecule has 138 valence electrons. The van der Waals surface area contributed by atoms with Crippen LogP contribution in [0.5, 0.6) is 0 Å². The van der Waals surface area contributed by atoms with Crippen molar-refractivity contribution in [2.75, 3.05) is 18.1 Å². The van der Waals surface area contributed by atoms with Crippen LogP contribution in [0.1, 0.15) is 45.0 Å². The van der Waals surface area contributed by atoms with Gasteiger partial charge in [0, 0.05) is 16.9 Å². The zero-order valence-corrected chi connectivity index (χ0v) is 16.9. The summed E-state index contributed by atoms with van der Waals surface area (Å²) >= 11 is 3.11. The van der Waals surface area contributed by atoms with E-state index in [0.29, 0.717) is 22.2 Å². The van der Waals surface area contributed by atoms with Crippen LogP contribution in [0.2, 0.25) is 0 Å². The first-order valence-electron chi connectivity index (χ1n) is 8.65. The largest absolute Gasteiger partial charge is 0.365 e. The van der Waals surface area contributed by atoms with Crippen molar-refractivity contribution < 1.29 is 14.5 Å². The van der Waals surface area contributed by atoms with Crippen molar-refractivity contribution in [3.8, 4) is 0 Å². The summed E-state index contributed by atoms with van der Waals surface area (Å²) in [6.45, 7) is 6.25. The number of rotatable bonds is 5. The first-order valence-corrected chi connectivity index (χ1v) is 10.7. The SMILES string of the molecule is CSc1ccc(C(=O)Nc2sc3c(c2C(N)=O)CC[NH+](C(C)C)C3)cc1. The van der Waals surface area contributed by atoms with E-state index < -0.39 is 5.91 Å². The molecular weight excluding hydrogens is 366 g/mol. The number of thiophene rings is 1. The summed E-state index contributed by atoms with van der Waals surface area (Å²) in [4.78, 5) is 28.4. The fourth-order valence-corrected chi connectivity index (χ4v) is 4.97. The normalized spacial score (nSPS) is 16.4. The molecule has 0 spiro atoms. The molecule has 1 unspecified atom stereocenters. The first-order chi connectivity index (χ1) is 12.4. The molecule has 1 aromatic heterocycles. The molecule has 0 saturated carbocycles. The van der Waals surface area contributed by atoms with E-state index >= 15 is 0 Å². The van der Waals surface area contributed by atoms with Crippen LogP contribution in [0.3, 0.4) is 0 Å². The molecule has 1 aromatic carbocycles. The highest BCUT2D eigenvalue weighted by atomic mass is 32.2. The van der Waals surface area contributed by atoms with E-state index in [9.17, 15) is 9.59 Å². The van der Waals surface area contributed by atoms with Gasteiger partial charge in [-0.05, 0) is 49.9 Å². The average Bonchev–Trinajstić information content (AvgIpc) is 2.98.